The molecule has 0 radical (unpaired) electrons. The van der Waals surface area contributed by atoms with E-state index in [0.717, 1.165) is 18.7 Å². The zero-order valence-electron chi connectivity index (χ0n) is 6.66. The smallest absolute Gasteiger partial charge is 0.213 e. The first-order valence-corrected chi connectivity index (χ1v) is 3.83. The quantitative estimate of drug-likeness (QED) is 0.619. The summed E-state index contributed by atoms with van der Waals surface area (Å²) in [4.78, 5) is 3.88. The van der Waals surface area contributed by atoms with E-state index in [0.29, 0.717) is 0 Å². The topological polar surface area (TPSA) is 38.9 Å². The second-order valence-electron chi connectivity index (χ2n) is 2.31. The lowest BCUT2D eigenvalue weighted by Crippen LogP contribution is -1.82. The Labute approximate surface area is 66.1 Å². The van der Waals surface area contributed by atoms with Crippen molar-refractivity contribution in [2.24, 2.45) is 0 Å². The van der Waals surface area contributed by atoms with Crippen molar-refractivity contribution in [3.05, 3.63) is 24.4 Å². The summed E-state index contributed by atoms with van der Waals surface area (Å²) in [5.41, 5.74) is 0. The van der Waals surface area contributed by atoms with E-state index in [1.807, 2.05) is 0 Å². The van der Waals surface area contributed by atoms with Crippen molar-refractivity contribution in [1.29, 1.82) is 0 Å². The third-order valence-corrected chi connectivity index (χ3v) is 1.33. The largest absolute Gasteiger partial charge is 0.343 e. The molecule has 11 heavy (non-hydrogen) atoms. The molecule has 0 atom stereocenters. The molecule has 0 N–H and O–H groups in total. The predicted molar refractivity (Wildman–Crippen MR) is 42.1 cm³/mol. The molecule has 0 aliphatic rings. The van der Waals surface area contributed by atoms with Crippen LogP contribution < -0.4 is 0 Å². The van der Waals surface area contributed by atoms with Crippen LogP contribution in [0.25, 0.3) is 0 Å². The third-order valence-electron chi connectivity index (χ3n) is 1.33. The van der Waals surface area contributed by atoms with Crippen LogP contribution in [0.1, 0.15) is 25.6 Å². The highest BCUT2D eigenvalue weighted by molar-refractivity contribution is 4.92. The van der Waals surface area contributed by atoms with E-state index >= 15 is 0 Å². The lowest BCUT2D eigenvalue weighted by Gasteiger charge is -1.83. The van der Waals surface area contributed by atoms with Crippen LogP contribution in [0.3, 0.4) is 0 Å². The summed E-state index contributed by atoms with van der Waals surface area (Å²) in [6, 6.07) is 0. The number of allylic oxidation sites excluding steroid dienone is 2. The number of unbranched alkanes of at least 4 members (excludes halogenated alkanes) is 1. The van der Waals surface area contributed by atoms with Gasteiger partial charge >= 0.3 is 0 Å². The molecule has 0 aliphatic heterocycles. The van der Waals surface area contributed by atoms with Gasteiger partial charge in [-0.1, -0.05) is 30.7 Å². The summed E-state index contributed by atoms with van der Waals surface area (Å²) in [5.74, 6) is 0.748. The molecule has 0 spiro atoms. The Bertz CT molecular complexity index is 204. The van der Waals surface area contributed by atoms with Crippen molar-refractivity contribution in [2.45, 2.75) is 26.2 Å². The summed E-state index contributed by atoms with van der Waals surface area (Å²) in [6.07, 6.45) is 8.63. The molecular weight excluding hydrogens is 140 g/mol. The van der Waals surface area contributed by atoms with Gasteiger partial charge in [-0.05, 0) is 6.42 Å². The minimum Gasteiger partial charge on any atom is -0.343 e. The zero-order valence-corrected chi connectivity index (χ0v) is 6.66. The van der Waals surface area contributed by atoms with Crippen molar-refractivity contribution in [3.63, 3.8) is 0 Å². The van der Waals surface area contributed by atoms with Gasteiger partial charge in [0.1, 0.15) is 0 Å². The standard InChI is InChI=1S/C8H12N2O/c1-2-3-4-5-6-8-9-7-11-10-8/h4-5,7H,2-3,6H2,1H3. The van der Waals surface area contributed by atoms with Gasteiger partial charge in [0.15, 0.2) is 5.82 Å². The second-order valence-corrected chi connectivity index (χ2v) is 2.31. The first-order valence-electron chi connectivity index (χ1n) is 3.83. The first-order chi connectivity index (χ1) is 5.43. The molecule has 0 aliphatic carbocycles. The van der Waals surface area contributed by atoms with E-state index in [9.17, 15) is 0 Å². The summed E-state index contributed by atoms with van der Waals surface area (Å²) in [6.45, 7) is 2.15. The number of aromatic nitrogens is 2. The average Bonchev–Trinajstić information content (AvgIpc) is 2.50. The molecule has 3 nitrogen and oxygen atoms in total. The van der Waals surface area contributed by atoms with Crippen LogP contribution in [0.2, 0.25) is 0 Å². The van der Waals surface area contributed by atoms with Gasteiger partial charge in [-0.25, -0.2) is 0 Å². The summed E-state index contributed by atoms with van der Waals surface area (Å²) < 4.78 is 4.58. The third kappa shape index (κ3) is 2.98. The van der Waals surface area contributed by atoms with E-state index in [1.165, 1.54) is 12.8 Å². The molecule has 0 bridgehead atoms. The van der Waals surface area contributed by atoms with Crippen molar-refractivity contribution in [3.8, 4) is 0 Å². The predicted octanol–water partition coefficient (Wildman–Crippen LogP) is 1.97. The molecule has 0 saturated heterocycles. The Hall–Kier alpha value is -1.12. The highest BCUT2D eigenvalue weighted by atomic mass is 16.5. The molecular formula is C8H12N2O. The zero-order chi connectivity index (χ0) is 7.94. The lowest BCUT2D eigenvalue weighted by molar-refractivity contribution is 0.411. The summed E-state index contributed by atoms with van der Waals surface area (Å²) in [7, 11) is 0. The van der Waals surface area contributed by atoms with Gasteiger partial charge < -0.3 is 4.52 Å². The van der Waals surface area contributed by atoms with Gasteiger partial charge in [-0.15, -0.1) is 0 Å². The fraction of sp³-hybridized carbons (Fsp3) is 0.500. The van der Waals surface area contributed by atoms with E-state index in [4.69, 9.17) is 0 Å². The van der Waals surface area contributed by atoms with Crippen molar-refractivity contribution < 1.29 is 4.52 Å². The Kier molecular flexibility index (Phi) is 3.38. The minimum atomic E-state index is 0.748. The molecule has 1 aromatic rings. The SMILES string of the molecule is CCCC=CCc1ncon1. The van der Waals surface area contributed by atoms with Gasteiger partial charge in [0.2, 0.25) is 6.39 Å². The molecule has 0 unspecified atom stereocenters. The van der Waals surface area contributed by atoms with Gasteiger partial charge in [0, 0.05) is 6.42 Å². The summed E-state index contributed by atoms with van der Waals surface area (Å²) >= 11 is 0. The Morgan fingerprint density at radius 1 is 1.55 bits per heavy atom. The second kappa shape index (κ2) is 4.66. The fourth-order valence-electron chi connectivity index (χ4n) is 0.756. The maximum Gasteiger partial charge on any atom is 0.213 e. The molecule has 0 fully saturated rings. The van der Waals surface area contributed by atoms with Crippen LogP contribution in [0.5, 0.6) is 0 Å². The van der Waals surface area contributed by atoms with E-state index in [-0.39, 0.29) is 0 Å². The van der Waals surface area contributed by atoms with E-state index < -0.39 is 0 Å². The molecule has 1 heterocycles. The highest BCUT2D eigenvalue weighted by Gasteiger charge is 1.91. The Balaban J connectivity index is 2.23. The number of rotatable bonds is 4. The average molecular weight is 152 g/mol. The van der Waals surface area contributed by atoms with Crippen LogP contribution in [-0.4, -0.2) is 10.1 Å². The summed E-state index contributed by atoms with van der Waals surface area (Å²) in [5, 5.41) is 3.68. The molecule has 1 aromatic heterocycles. The lowest BCUT2D eigenvalue weighted by atomic mass is 10.3. The maximum atomic E-state index is 4.58. The molecule has 0 saturated carbocycles. The van der Waals surface area contributed by atoms with E-state index in [2.05, 4.69) is 33.7 Å². The molecule has 0 aromatic carbocycles. The first kappa shape index (κ1) is 7.98. The van der Waals surface area contributed by atoms with Crippen LogP contribution in [0.4, 0.5) is 0 Å². The van der Waals surface area contributed by atoms with E-state index in [1.54, 1.807) is 0 Å². The van der Waals surface area contributed by atoms with Crippen LogP contribution in [0.15, 0.2) is 23.1 Å². The van der Waals surface area contributed by atoms with Crippen LogP contribution in [0, 0.1) is 0 Å². The Morgan fingerprint density at radius 3 is 3.09 bits per heavy atom. The normalized spacial score (nSPS) is 11.0. The fourth-order valence-corrected chi connectivity index (χ4v) is 0.756. The maximum absolute atomic E-state index is 4.58. The minimum absolute atomic E-state index is 0.748. The van der Waals surface area contributed by atoms with Gasteiger partial charge in [-0.2, -0.15) is 4.98 Å². The van der Waals surface area contributed by atoms with Crippen molar-refractivity contribution in [1.82, 2.24) is 10.1 Å². The van der Waals surface area contributed by atoms with Crippen molar-refractivity contribution >= 4 is 0 Å². The van der Waals surface area contributed by atoms with Gasteiger partial charge in [0.05, 0.1) is 0 Å². The number of hydrogen-bond donors (Lipinski definition) is 0. The monoisotopic (exact) mass is 152 g/mol. The van der Waals surface area contributed by atoms with Crippen LogP contribution in [-0.2, 0) is 6.42 Å². The van der Waals surface area contributed by atoms with Crippen molar-refractivity contribution in [2.75, 3.05) is 0 Å². The van der Waals surface area contributed by atoms with Crippen LogP contribution >= 0.6 is 0 Å². The van der Waals surface area contributed by atoms with Gasteiger partial charge in [0.25, 0.3) is 0 Å². The van der Waals surface area contributed by atoms with Gasteiger partial charge in [-0.3, -0.25) is 0 Å². The Morgan fingerprint density at radius 2 is 2.45 bits per heavy atom. The number of hydrogen-bond acceptors (Lipinski definition) is 3. The molecule has 60 valence electrons. The number of nitrogens with zero attached hydrogens (tertiary/aromatic N) is 2. The highest BCUT2D eigenvalue weighted by Crippen LogP contribution is 1.94. The molecule has 0 amide bonds. The molecule has 3 heteroatoms. The molecule has 1 rings (SSSR count).